The highest BCUT2D eigenvalue weighted by Gasteiger charge is 2.49. The maximum atomic E-state index is 14.8. The number of carbonyl (C=O) groups excluding carboxylic acids is 1. The number of hydrogen-bond donors (Lipinski definition) is 0. The van der Waals surface area contributed by atoms with Gasteiger partial charge in [0.1, 0.15) is 28.8 Å². The fourth-order valence-corrected chi connectivity index (χ4v) is 4.11. The van der Waals surface area contributed by atoms with Crippen molar-refractivity contribution in [3.05, 3.63) is 113 Å². The molecule has 0 aromatic heterocycles. The third-order valence-corrected chi connectivity index (χ3v) is 5.99. The Morgan fingerprint density at radius 2 is 1.17 bits per heavy atom. The second-order valence-corrected chi connectivity index (χ2v) is 8.93. The fraction of sp³-hybridized carbons (Fsp3) is 0.167. The Balaban J connectivity index is 1.49. The smallest absolute Gasteiger partial charge is 0.423 e. The molecule has 0 fully saturated rings. The molecule has 4 aromatic carbocycles. The van der Waals surface area contributed by atoms with Crippen molar-refractivity contribution in [2.24, 2.45) is 0 Å². The molecular weight excluding hydrogens is 560 g/mol. The van der Waals surface area contributed by atoms with Crippen LogP contribution in [0.1, 0.15) is 34.8 Å². The molecule has 0 unspecified atom stereocenters. The molecule has 4 aromatic rings. The van der Waals surface area contributed by atoms with Gasteiger partial charge in [-0.05, 0) is 46.4 Å². The molecule has 0 aliphatic carbocycles. The second-order valence-electron chi connectivity index (χ2n) is 8.93. The predicted octanol–water partition coefficient (Wildman–Crippen LogP) is 9.20. The summed E-state index contributed by atoms with van der Waals surface area (Å²) in [6, 6.07) is 18.9. The van der Waals surface area contributed by atoms with Gasteiger partial charge in [-0.3, -0.25) is 0 Å². The van der Waals surface area contributed by atoms with E-state index in [1.807, 2.05) is 24.3 Å². The third-order valence-electron chi connectivity index (χ3n) is 5.99. The minimum absolute atomic E-state index is 0.0507. The number of carbonyl (C=O) groups is 1. The fourth-order valence-electron chi connectivity index (χ4n) is 4.11. The number of esters is 1. The van der Waals surface area contributed by atoms with E-state index in [0.717, 1.165) is 36.1 Å². The van der Waals surface area contributed by atoms with Crippen LogP contribution in [0.25, 0.3) is 22.3 Å². The lowest BCUT2D eigenvalue weighted by atomic mass is 9.98. The van der Waals surface area contributed by atoms with Crippen LogP contribution in [0.15, 0.2) is 78.9 Å². The van der Waals surface area contributed by atoms with Crippen LogP contribution in [0.5, 0.6) is 5.75 Å². The number of aryl methyl sites for hydroxylation is 1. The molecule has 0 aliphatic rings. The van der Waals surface area contributed by atoms with Crippen LogP contribution in [0, 0.1) is 17.5 Å². The summed E-state index contributed by atoms with van der Waals surface area (Å²) in [5.74, 6) is -7.83. The number of alkyl halides is 5. The second kappa shape index (κ2) is 11.7. The van der Waals surface area contributed by atoms with E-state index in [2.05, 4.69) is 28.5 Å². The Labute approximate surface area is 229 Å². The number of ether oxygens (including phenoxy) is 2. The lowest BCUT2D eigenvalue weighted by Crippen LogP contribution is -2.29. The topological polar surface area (TPSA) is 35.5 Å². The Hall–Kier alpha value is -4.25. The molecule has 4 rings (SSSR count). The van der Waals surface area contributed by atoms with Gasteiger partial charge in [-0.25, -0.2) is 22.7 Å². The maximum absolute atomic E-state index is 14.8. The minimum Gasteiger partial charge on any atom is -0.423 e. The average Bonchev–Trinajstić information content (AvgIpc) is 2.87. The van der Waals surface area contributed by atoms with Gasteiger partial charge in [-0.1, -0.05) is 67.9 Å². The van der Waals surface area contributed by atoms with E-state index in [1.54, 1.807) is 12.1 Å². The molecule has 0 saturated carbocycles. The van der Waals surface area contributed by atoms with Crippen molar-refractivity contribution in [1.29, 1.82) is 0 Å². The normalized spacial score (nSPS) is 11.9. The Morgan fingerprint density at radius 1 is 0.683 bits per heavy atom. The molecule has 0 saturated heterocycles. The number of hydrogen-bond acceptors (Lipinski definition) is 3. The van der Waals surface area contributed by atoms with E-state index in [1.165, 1.54) is 11.6 Å². The summed E-state index contributed by atoms with van der Waals surface area (Å²) in [7, 11) is 0. The zero-order valence-electron chi connectivity index (χ0n) is 21.2. The molecule has 214 valence electrons. The van der Waals surface area contributed by atoms with Crippen molar-refractivity contribution in [1.82, 2.24) is 0 Å². The molecule has 0 spiro atoms. The monoisotopic (exact) mass is 580 g/mol. The third kappa shape index (κ3) is 7.10. The highest BCUT2D eigenvalue weighted by Crippen LogP contribution is 2.40. The van der Waals surface area contributed by atoms with Gasteiger partial charge in [0.15, 0.2) is 0 Å². The molecule has 0 heterocycles. The van der Waals surface area contributed by atoms with Gasteiger partial charge in [-0.2, -0.15) is 8.78 Å². The van der Waals surface area contributed by atoms with Crippen LogP contribution < -0.4 is 4.74 Å². The first-order valence-electron chi connectivity index (χ1n) is 12.1. The first-order chi connectivity index (χ1) is 19.3. The van der Waals surface area contributed by atoms with E-state index in [4.69, 9.17) is 0 Å². The summed E-state index contributed by atoms with van der Waals surface area (Å²) < 4.78 is 114. The van der Waals surface area contributed by atoms with Gasteiger partial charge in [-0.15, -0.1) is 13.2 Å². The number of rotatable bonds is 8. The molecule has 11 heteroatoms. The van der Waals surface area contributed by atoms with Gasteiger partial charge >= 0.3 is 18.4 Å². The summed E-state index contributed by atoms with van der Waals surface area (Å²) in [5, 5.41) is 0. The highest BCUT2D eigenvalue weighted by atomic mass is 19.4. The Morgan fingerprint density at radius 3 is 1.66 bits per heavy atom. The number of benzene rings is 4. The van der Waals surface area contributed by atoms with E-state index in [9.17, 15) is 39.9 Å². The van der Waals surface area contributed by atoms with Crippen molar-refractivity contribution in [2.75, 3.05) is 0 Å². The molecule has 0 aliphatic heterocycles. The lowest BCUT2D eigenvalue weighted by Gasteiger charge is -2.20. The minimum atomic E-state index is -5.90. The van der Waals surface area contributed by atoms with Crippen molar-refractivity contribution in [2.45, 2.75) is 32.2 Å². The average molecular weight is 580 g/mol. The van der Waals surface area contributed by atoms with E-state index in [0.29, 0.717) is 11.1 Å². The molecular formula is C30H20F8O3. The van der Waals surface area contributed by atoms with Crippen LogP contribution >= 0.6 is 0 Å². The largest absolute Gasteiger partial charge is 0.527 e. The van der Waals surface area contributed by atoms with Crippen molar-refractivity contribution in [3.8, 4) is 28.0 Å². The van der Waals surface area contributed by atoms with Crippen molar-refractivity contribution in [3.63, 3.8) is 0 Å². The van der Waals surface area contributed by atoms with Gasteiger partial charge in [0.05, 0.1) is 5.56 Å². The molecule has 3 nitrogen and oxygen atoms in total. The van der Waals surface area contributed by atoms with Gasteiger partial charge in [0, 0.05) is 12.1 Å². The molecule has 0 bridgehead atoms. The SMILES string of the molecule is CCCc1ccc(-c2ccc(-c3ccc(C(=O)Oc4cc(F)c(C(F)(F)OC(F)(F)F)c(F)c4)c(F)c3)cc2)cc1. The van der Waals surface area contributed by atoms with Gasteiger partial charge < -0.3 is 4.74 Å². The summed E-state index contributed by atoms with van der Waals surface area (Å²) in [5.41, 5.74) is 1.20. The first-order valence-corrected chi connectivity index (χ1v) is 12.1. The van der Waals surface area contributed by atoms with Crippen molar-refractivity contribution < 1.29 is 49.4 Å². The standard InChI is InChI=1S/C30H20F8O3/c1-2-3-17-4-6-18(7-5-17)19-8-10-20(11-9-19)21-12-13-23(24(31)14-21)28(39)40-22-15-25(32)27(26(33)16-22)29(34,35)41-30(36,37)38/h4-16H,2-3H2,1H3. The van der Waals surface area contributed by atoms with Crippen LogP contribution in [-0.2, 0) is 17.3 Å². The lowest BCUT2D eigenvalue weighted by molar-refractivity contribution is -0.432. The van der Waals surface area contributed by atoms with E-state index in [-0.39, 0.29) is 12.1 Å². The van der Waals surface area contributed by atoms with E-state index < -0.39 is 52.8 Å². The van der Waals surface area contributed by atoms with Crippen LogP contribution in [0.2, 0.25) is 0 Å². The van der Waals surface area contributed by atoms with Crippen molar-refractivity contribution >= 4 is 5.97 Å². The Bertz CT molecular complexity index is 1520. The van der Waals surface area contributed by atoms with Gasteiger partial charge in [0.2, 0.25) is 0 Å². The predicted molar refractivity (Wildman–Crippen MR) is 134 cm³/mol. The molecule has 0 radical (unpaired) electrons. The maximum Gasteiger partial charge on any atom is 0.527 e. The summed E-state index contributed by atoms with van der Waals surface area (Å²) in [6.45, 7) is 2.10. The first kappa shape index (κ1) is 29.7. The van der Waals surface area contributed by atoms with Gasteiger partial charge in [0.25, 0.3) is 0 Å². The summed E-state index contributed by atoms with van der Waals surface area (Å²) in [6.07, 6.45) is -9.29. The molecule has 0 amide bonds. The van der Waals surface area contributed by atoms with Crippen LogP contribution in [0.4, 0.5) is 35.1 Å². The molecule has 0 N–H and O–H groups in total. The zero-order valence-corrected chi connectivity index (χ0v) is 21.2. The van der Waals surface area contributed by atoms with Crippen LogP contribution in [-0.4, -0.2) is 12.3 Å². The molecule has 0 atom stereocenters. The van der Waals surface area contributed by atoms with Crippen LogP contribution in [0.3, 0.4) is 0 Å². The number of halogens is 8. The summed E-state index contributed by atoms with van der Waals surface area (Å²) >= 11 is 0. The van der Waals surface area contributed by atoms with E-state index >= 15 is 0 Å². The Kier molecular flexibility index (Phi) is 8.48. The quantitative estimate of drug-likeness (QED) is 0.118. The summed E-state index contributed by atoms with van der Waals surface area (Å²) in [4.78, 5) is 12.4. The highest BCUT2D eigenvalue weighted by molar-refractivity contribution is 5.92. The molecule has 41 heavy (non-hydrogen) atoms. The zero-order chi connectivity index (χ0) is 29.9.